The third kappa shape index (κ3) is 1.55. The molecule has 1 saturated heterocycles. The van der Waals surface area contributed by atoms with E-state index in [4.69, 9.17) is 4.74 Å². The molecule has 1 N–H and O–H groups in total. The van der Waals surface area contributed by atoms with Gasteiger partial charge in [-0.3, -0.25) is 10.1 Å². The minimum Gasteiger partial charge on any atom is -0.441 e. The Hall–Kier alpha value is -1.87. The predicted molar refractivity (Wildman–Crippen MR) is 60.8 cm³/mol. The SMILES string of the molecule is O=C1CNC(c2ccc3ccccc3c2)O1. The number of nitrogens with one attached hydrogen (secondary N) is 1. The number of cyclic esters (lactones) is 1. The first-order valence-corrected chi connectivity index (χ1v) is 5.24. The zero-order valence-electron chi connectivity index (χ0n) is 8.64. The van der Waals surface area contributed by atoms with Crippen molar-refractivity contribution >= 4 is 16.7 Å². The van der Waals surface area contributed by atoms with E-state index in [1.807, 2.05) is 30.3 Å². The van der Waals surface area contributed by atoms with Crippen LogP contribution in [0.3, 0.4) is 0 Å². The first-order chi connectivity index (χ1) is 7.83. The van der Waals surface area contributed by atoms with Crippen molar-refractivity contribution in [3.63, 3.8) is 0 Å². The van der Waals surface area contributed by atoms with Gasteiger partial charge in [0.2, 0.25) is 0 Å². The third-order valence-electron chi connectivity index (χ3n) is 2.76. The maximum atomic E-state index is 11.0. The summed E-state index contributed by atoms with van der Waals surface area (Å²) in [4.78, 5) is 11.0. The molecule has 1 atom stereocenters. The van der Waals surface area contributed by atoms with Crippen LogP contribution < -0.4 is 5.32 Å². The van der Waals surface area contributed by atoms with E-state index in [-0.39, 0.29) is 18.7 Å². The first kappa shape index (κ1) is 9.36. The van der Waals surface area contributed by atoms with Gasteiger partial charge in [-0.25, -0.2) is 0 Å². The van der Waals surface area contributed by atoms with Crippen molar-refractivity contribution in [3.05, 3.63) is 48.0 Å². The molecule has 2 aromatic rings. The van der Waals surface area contributed by atoms with Crippen molar-refractivity contribution in [3.8, 4) is 0 Å². The molecular weight excluding hydrogens is 202 g/mol. The maximum absolute atomic E-state index is 11.0. The van der Waals surface area contributed by atoms with Gasteiger partial charge in [-0.15, -0.1) is 0 Å². The van der Waals surface area contributed by atoms with Gasteiger partial charge in [0.1, 0.15) is 0 Å². The summed E-state index contributed by atoms with van der Waals surface area (Å²) in [5.41, 5.74) is 0.990. The van der Waals surface area contributed by atoms with Crippen LogP contribution in [-0.4, -0.2) is 12.5 Å². The van der Waals surface area contributed by atoms with Crippen LogP contribution in [0.2, 0.25) is 0 Å². The van der Waals surface area contributed by atoms with Gasteiger partial charge in [0.05, 0.1) is 6.54 Å². The zero-order chi connectivity index (χ0) is 11.0. The molecule has 2 aromatic carbocycles. The fraction of sp³-hybridized carbons (Fsp3) is 0.154. The van der Waals surface area contributed by atoms with Crippen molar-refractivity contribution in [2.75, 3.05) is 6.54 Å². The molecule has 16 heavy (non-hydrogen) atoms. The lowest BCUT2D eigenvalue weighted by molar-refractivity contribution is -0.140. The van der Waals surface area contributed by atoms with E-state index in [2.05, 4.69) is 17.4 Å². The van der Waals surface area contributed by atoms with Gasteiger partial charge in [-0.2, -0.15) is 0 Å². The van der Waals surface area contributed by atoms with E-state index in [1.54, 1.807) is 0 Å². The van der Waals surface area contributed by atoms with Crippen LogP contribution in [-0.2, 0) is 9.53 Å². The molecule has 3 nitrogen and oxygen atoms in total. The fourth-order valence-electron chi connectivity index (χ4n) is 1.95. The summed E-state index contributed by atoms with van der Waals surface area (Å²) >= 11 is 0. The topological polar surface area (TPSA) is 38.3 Å². The highest BCUT2D eigenvalue weighted by Gasteiger charge is 2.23. The lowest BCUT2D eigenvalue weighted by atomic mass is 10.1. The van der Waals surface area contributed by atoms with Crippen molar-refractivity contribution in [1.82, 2.24) is 5.32 Å². The van der Waals surface area contributed by atoms with Crippen LogP contribution in [0.15, 0.2) is 42.5 Å². The van der Waals surface area contributed by atoms with E-state index < -0.39 is 0 Å². The van der Waals surface area contributed by atoms with Crippen LogP contribution in [0.1, 0.15) is 11.8 Å². The molecular formula is C13H11NO2. The Morgan fingerprint density at radius 1 is 1.12 bits per heavy atom. The van der Waals surface area contributed by atoms with Crippen molar-refractivity contribution in [2.24, 2.45) is 0 Å². The van der Waals surface area contributed by atoms with Gasteiger partial charge in [-0.1, -0.05) is 36.4 Å². The van der Waals surface area contributed by atoms with Crippen LogP contribution in [0.25, 0.3) is 10.8 Å². The quantitative estimate of drug-likeness (QED) is 0.736. The molecule has 0 aliphatic carbocycles. The third-order valence-corrected chi connectivity index (χ3v) is 2.76. The Kier molecular flexibility index (Phi) is 2.11. The second kappa shape index (κ2) is 3.61. The molecule has 0 saturated carbocycles. The standard InChI is InChI=1S/C13H11NO2/c15-12-8-14-13(16-12)11-6-5-9-3-1-2-4-10(9)7-11/h1-7,13-14H,8H2. The highest BCUT2D eigenvalue weighted by atomic mass is 16.6. The Morgan fingerprint density at radius 2 is 1.94 bits per heavy atom. The van der Waals surface area contributed by atoms with Crippen molar-refractivity contribution in [1.29, 1.82) is 0 Å². The van der Waals surface area contributed by atoms with Crippen LogP contribution in [0, 0.1) is 0 Å². The summed E-state index contributed by atoms with van der Waals surface area (Å²) < 4.78 is 5.15. The van der Waals surface area contributed by atoms with Crippen LogP contribution in [0.5, 0.6) is 0 Å². The van der Waals surface area contributed by atoms with Gasteiger partial charge in [-0.05, 0) is 16.8 Å². The summed E-state index contributed by atoms with van der Waals surface area (Å²) in [5.74, 6) is -0.196. The number of ether oxygens (including phenoxy) is 1. The molecule has 0 amide bonds. The molecule has 1 aliphatic rings. The predicted octanol–water partition coefficient (Wildman–Crippen LogP) is 1.98. The van der Waals surface area contributed by atoms with Gasteiger partial charge in [0.15, 0.2) is 6.23 Å². The molecule has 1 fully saturated rings. The number of hydrogen-bond acceptors (Lipinski definition) is 3. The number of hydrogen-bond donors (Lipinski definition) is 1. The minimum atomic E-state index is -0.294. The number of rotatable bonds is 1. The Balaban J connectivity index is 2.02. The average Bonchev–Trinajstić information content (AvgIpc) is 2.75. The number of esters is 1. The van der Waals surface area contributed by atoms with Crippen LogP contribution in [0.4, 0.5) is 0 Å². The lowest BCUT2D eigenvalue weighted by Crippen LogP contribution is -2.13. The van der Waals surface area contributed by atoms with Crippen molar-refractivity contribution in [2.45, 2.75) is 6.23 Å². The smallest absolute Gasteiger partial charge is 0.321 e. The minimum absolute atomic E-state index is 0.196. The average molecular weight is 213 g/mol. The number of carbonyl (C=O) groups excluding carboxylic acids is 1. The fourth-order valence-corrected chi connectivity index (χ4v) is 1.95. The molecule has 1 unspecified atom stereocenters. The second-order valence-electron chi connectivity index (χ2n) is 3.86. The van der Waals surface area contributed by atoms with Crippen LogP contribution >= 0.6 is 0 Å². The molecule has 1 heterocycles. The maximum Gasteiger partial charge on any atom is 0.321 e. The zero-order valence-corrected chi connectivity index (χ0v) is 8.64. The molecule has 0 spiro atoms. The number of fused-ring (bicyclic) bond motifs is 1. The Labute approximate surface area is 93.0 Å². The van der Waals surface area contributed by atoms with Gasteiger partial charge >= 0.3 is 5.97 Å². The van der Waals surface area contributed by atoms with Gasteiger partial charge in [0, 0.05) is 5.56 Å². The number of carbonyl (C=O) groups is 1. The van der Waals surface area contributed by atoms with Crippen molar-refractivity contribution < 1.29 is 9.53 Å². The monoisotopic (exact) mass is 213 g/mol. The van der Waals surface area contributed by atoms with E-state index in [9.17, 15) is 4.79 Å². The summed E-state index contributed by atoms with van der Waals surface area (Å²) in [6.07, 6.45) is -0.294. The van der Waals surface area contributed by atoms with E-state index in [1.165, 1.54) is 5.39 Å². The molecule has 80 valence electrons. The lowest BCUT2D eigenvalue weighted by Gasteiger charge is -2.10. The summed E-state index contributed by atoms with van der Waals surface area (Å²) in [5, 5.41) is 5.36. The van der Waals surface area contributed by atoms with Gasteiger partial charge < -0.3 is 4.74 Å². The largest absolute Gasteiger partial charge is 0.441 e. The summed E-state index contributed by atoms with van der Waals surface area (Å²) in [6, 6.07) is 14.2. The molecule has 1 aliphatic heterocycles. The normalized spacial score (nSPS) is 20.0. The highest BCUT2D eigenvalue weighted by molar-refractivity contribution is 5.83. The van der Waals surface area contributed by atoms with E-state index in [0.717, 1.165) is 10.9 Å². The molecule has 3 rings (SSSR count). The first-order valence-electron chi connectivity index (χ1n) is 5.24. The summed E-state index contributed by atoms with van der Waals surface area (Å²) in [7, 11) is 0. The summed E-state index contributed by atoms with van der Waals surface area (Å²) in [6.45, 7) is 0.289. The molecule has 0 aromatic heterocycles. The molecule has 0 radical (unpaired) electrons. The molecule has 0 bridgehead atoms. The second-order valence-corrected chi connectivity index (χ2v) is 3.86. The Bertz CT molecular complexity index is 550. The van der Waals surface area contributed by atoms with E-state index >= 15 is 0 Å². The Morgan fingerprint density at radius 3 is 2.69 bits per heavy atom. The molecule has 3 heteroatoms. The van der Waals surface area contributed by atoms with Gasteiger partial charge in [0.25, 0.3) is 0 Å². The van der Waals surface area contributed by atoms with E-state index in [0.29, 0.717) is 0 Å². The number of benzene rings is 2. The highest BCUT2D eigenvalue weighted by Crippen LogP contribution is 2.23.